The van der Waals surface area contributed by atoms with Gasteiger partial charge >= 0.3 is 16.2 Å². The zero-order valence-electron chi connectivity index (χ0n) is 14.2. The van der Waals surface area contributed by atoms with Crippen molar-refractivity contribution in [2.75, 3.05) is 17.4 Å². The number of hydrogen-bond donors (Lipinski definition) is 1. The highest BCUT2D eigenvalue weighted by atomic mass is 32.2. The molecule has 0 saturated heterocycles. The van der Waals surface area contributed by atoms with Crippen LogP contribution in [0.2, 0.25) is 0 Å². The highest BCUT2D eigenvalue weighted by Crippen LogP contribution is 2.40. The first-order valence-electron chi connectivity index (χ1n) is 8.62. The Balaban J connectivity index is 1.66. The quantitative estimate of drug-likeness (QED) is 0.894. The third kappa shape index (κ3) is 2.87. The lowest BCUT2D eigenvalue weighted by atomic mass is 9.98. The van der Waals surface area contributed by atoms with Gasteiger partial charge in [-0.1, -0.05) is 42.5 Å². The SMILES string of the molecule is O=C(O)CC1CN(S(=O)(=O)N2CCc3ccccc3C2)c2ccccc21. The molecular weight excluding hydrogens is 352 g/mol. The molecule has 1 unspecified atom stereocenters. The molecule has 0 spiro atoms. The molecule has 0 saturated carbocycles. The van der Waals surface area contributed by atoms with E-state index in [4.69, 9.17) is 5.11 Å². The van der Waals surface area contributed by atoms with E-state index < -0.39 is 16.2 Å². The Labute approximate surface area is 152 Å². The van der Waals surface area contributed by atoms with Crippen LogP contribution in [0.5, 0.6) is 0 Å². The van der Waals surface area contributed by atoms with Gasteiger partial charge in [-0.05, 0) is 29.2 Å². The smallest absolute Gasteiger partial charge is 0.304 e. The lowest BCUT2D eigenvalue weighted by Crippen LogP contribution is -2.45. The van der Waals surface area contributed by atoms with E-state index in [1.807, 2.05) is 36.4 Å². The summed E-state index contributed by atoms with van der Waals surface area (Å²) in [6.45, 7) is 0.953. The topological polar surface area (TPSA) is 77.9 Å². The molecule has 2 heterocycles. The van der Waals surface area contributed by atoms with E-state index in [9.17, 15) is 13.2 Å². The van der Waals surface area contributed by atoms with Crippen LogP contribution in [0.4, 0.5) is 5.69 Å². The molecule has 7 heteroatoms. The van der Waals surface area contributed by atoms with Crippen molar-refractivity contribution in [1.29, 1.82) is 0 Å². The number of anilines is 1. The van der Waals surface area contributed by atoms with Crippen molar-refractivity contribution < 1.29 is 18.3 Å². The average molecular weight is 372 g/mol. The second-order valence-electron chi connectivity index (χ2n) is 6.74. The standard InChI is InChI=1S/C19H20N2O4S/c22-19(23)11-16-13-21(18-8-4-3-7-17(16)18)26(24,25)20-10-9-14-5-1-2-6-15(14)12-20/h1-8,16H,9-13H2,(H,22,23). The molecule has 2 aliphatic rings. The minimum atomic E-state index is -3.71. The molecule has 2 aromatic carbocycles. The summed E-state index contributed by atoms with van der Waals surface area (Å²) in [6, 6.07) is 15.1. The molecule has 4 rings (SSSR count). The van der Waals surface area contributed by atoms with Crippen LogP contribution in [0, 0.1) is 0 Å². The Kier molecular flexibility index (Phi) is 4.20. The van der Waals surface area contributed by atoms with Gasteiger partial charge in [-0.3, -0.25) is 9.10 Å². The zero-order valence-corrected chi connectivity index (χ0v) is 15.0. The number of aliphatic carboxylic acids is 1. The van der Waals surface area contributed by atoms with Gasteiger partial charge in [0.1, 0.15) is 0 Å². The molecule has 0 fully saturated rings. The van der Waals surface area contributed by atoms with Crippen LogP contribution in [-0.4, -0.2) is 36.9 Å². The summed E-state index contributed by atoms with van der Waals surface area (Å²) < 4.78 is 29.5. The maximum atomic E-state index is 13.3. The fourth-order valence-corrected chi connectivity index (χ4v) is 5.55. The fourth-order valence-electron chi connectivity index (χ4n) is 3.87. The lowest BCUT2D eigenvalue weighted by Gasteiger charge is -2.32. The summed E-state index contributed by atoms with van der Waals surface area (Å²) in [5.74, 6) is -1.24. The van der Waals surface area contributed by atoms with E-state index >= 15 is 0 Å². The van der Waals surface area contributed by atoms with E-state index in [0.717, 1.165) is 11.1 Å². The van der Waals surface area contributed by atoms with Gasteiger partial charge in [0.05, 0.1) is 12.1 Å². The number of rotatable bonds is 4. The van der Waals surface area contributed by atoms with Gasteiger partial charge in [0.2, 0.25) is 0 Å². The van der Waals surface area contributed by atoms with Gasteiger partial charge in [0.15, 0.2) is 0 Å². The summed E-state index contributed by atoms with van der Waals surface area (Å²) in [7, 11) is -3.71. The Morgan fingerprint density at radius 3 is 2.54 bits per heavy atom. The number of hydrogen-bond acceptors (Lipinski definition) is 3. The number of benzene rings is 2. The van der Waals surface area contributed by atoms with Crippen molar-refractivity contribution in [1.82, 2.24) is 4.31 Å². The molecule has 0 aromatic heterocycles. The Morgan fingerprint density at radius 2 is 1.77 bits per heavy atom. The van der Waals surface area contributed by atoms with Crippen molar-refractivity contribution in [2.24, 2.45) is 0 Å². The highest BCUT2D eigenvalue weighted by molar-refractivity contribution is 7.90. The molecule has 2 aromatic rings. The van der Waals surface area contributed by atoms with Crippen LogP contribution in [0.1, 0.15) is 29.0 Å². The number of para-hydroxylation sites is 1. The van der Waals surface area contributed by atoms with Gasteiger partial charge in [-0.15, -0.1) is 0 Å². The van der Waals surface area contributed by atoms with Crippen LogP contribution in [0.15, 0.2) is 48.5 Å². The summed E-state index contributed by atoms with van der Waals surface area (Å²) in [4.78, 5) is 11.2. The Bertz CT molecular complexity index is 958. The molecule has 2 aliphatic heterocycles. The van der Waals surface area contributed by atoms with Crippen molar-refractivity contribution in [2.45, 2.75) is 25.3 Å². The molecule has 0 amide bonds. The molecule has 1 N–H and O–H groups in total. The zero-order chi connectivity index (χ0) is 18.3. The predicted octanol–water partition coefficient (Wildman–Crippen LogP) is 2.37. The average Bonchev–Trinajstić information content (AvgIpc) is 3.00. The molecule has 6 nitrogen and oxygen atoms in total. The molecule has 26 heavy (non-hydrogen) atoms. The number of carboxylic acid groups (broad SMARTS) is 1. The van der Waals surface area contributed by atoms with E-state index in [0.29, 0.717) is 25.2 Å². The van der Waals surface area contributed by atoms with E-state index in [2.05, 4.69) is 0 Å². The molecule has 0 bridgehead atoms. The number of nitrogens with zero attached hydrogens (tertiary/aromatic N) is 2. The van der Waals surface area contributed by atoms with Crippen molar-refractivity contribution in [3.63, 3.8) is 0 Å². The monoisotopic (exact) mass is 372 g/mol. The maximum absolute atomic E-state index is 13.3. The molecule has 0 aliphatic carbocycles. The van der Waals surface area contributed by atoms with Gasteiger partial charge in [0.25, 0.3) is 0 Å². The van der Waals surface area contributed by atoms with Crippen molar-refractivity contribution in [3.8, 4) is 0 Å². The number of carbonyl (C=O) groups is 1. The van der Waals surface area contributed by atoms with Crippen molar-refractivity contribution >= 4 is 21.9 Å². The summed E-state index contributed by atoms with van der Waals surface area (Å²) in [5, 5.41) is 9.17. The minimum Gasteiger partial charge on any atom is -0.481 e. The van der Waals surface area contributed by atoms with E-state index in [1.54, 1.807) is 12.1 Å². The second-order valence-corrected chi connectivity index (χ2v) is 8.60. The number of fused-ring (bicyclic) bond motifs is 2. The highest BCUT2D eigenvalue weighted by Gasteiger charge is 2.40. The lowest BCUT2D eigenvalue weighted by molar-refractivity contribution is -0.137. The van der Waals surface area contributed by atoms with Crippen LogP contribution >= 0.6 is 0 Å². The second kappa shape index (κ2) is 6.41. The number of carboxylic acids is 1. The van der Waals surface area contributed by atoms with Crippen LogP contribution in [0.3, 0.4) is 0 Å². The fraction of sp³-hybridized carbons (Fsp3) is 0.316. The largest absolute Gasteiger partial charge is 0.481 e. The Hall–Kier alpha value is -2.38. The summed E-state index contributed by atoms with van der Waals surface area (Å²) in [5.41, 5.74) is 3.59. The summed E-state index contributed by atoms with van der Waals surface area (Å²) >= 11 is 0. The van der Waals surface area contributed by atoms with Gasteiger partial charge in [-0.25, -0.2) is 0 Å². The maximum Gasteiger partial charge on any atom is 0.304 e. The molecule has 136 valence electrons. The third-order valence-corrected chi connectivity index (χ3v) is 7.02. The molecular formula is C19H20N2O4S. The van der Waals surface area contributed by atoms with Crippen LogP contribution in [0.25, 0.3) is 0 Å². The van der Waals surface area contributed by atoms with Crippen molar-refractivity contribution in [3.05, 3.63) is 65.2 Å². The first-order valence-corrected chi connectivity index (χ1v) is 10.0. The van der Waals surface area contributed by atoms with Gasteiger partial charge in [-0.2, -0.15) is 12.7 Å². The first kappa shape index (κ1) is 17.1. The first-order chi connectivity index (χ1) is 12.5. The van der Waals surface area contributed by atoms with Crippen LogP contribution in [-0.2, 0) is 28.0 Å². The summed E-state index contributed by atoms with van der Waals surface area (Å²) in [6.07, 6.45) is 0.606. The van der Waals surface area contributed by atoms with Gasteiger partial charge < -0.3 is 5.11 Å². The Morgan fingerprint density at radius 1 is 1.08 bits per heavy atom. The molecule has 1 atom stereocenters. The minimum absolute atomic E-state index is 0.0775. The normalized spacial score (nSPS) is 19.8. The van der Waals surface area contributed by atoms with Gasteiger partial charge in [0, 0.05) is 25.6 Å². The molecule has 0 radical (unpaired) electrons. The van der Waals surface area contributed by atoms with E-state index in [1.165, 1.54) is 14.2 Å². The third-order valence-electron chi connectivity index (χ3n) is 5.15. The predicted molar refractivity (Wildman–Crippen MR) is 98.3 cm³/mol. The van der Waals surface area contributed by atoms with Crippen LogP contribution < -0.4 is 4.31 Å². The van der Waals surface area contributed by atoms with E-state index in [-0.39, 0.29) is 18.9 Å².